The molecule has 5 nitrogen and oxygen atoms in total. The minimum atomic E-state index is -0.187. The van der Waals surface area contributed by atoms with Gasteiger partial charge in [0.05, 0.1) is 0 Å². The highest BCUT2D eigenvalue weighted by atomic mass is 35.5. The summed E-state index contributed by atoms with van der Waals surface area (Å²) in [7, 11) is 1.70. The topological polar surface area (TPSA) is 57.7 Å². The minimum absolute atomic E-state index is 0.0996. The summed E-state index contributed by atoms with van der Waals surface area (Å²) < 4.78 is 0. The van der Waals surface area contributed by atoms with E-state index in [2.05, 4.69) is 0 Å². The quantitative estimate of drug-likeness (QED) is 0.780. The molecule has 0 spiro atoms. The molecule has 2 rings (SSSR count). The van der Waals surface area contributed by atoms with Crippen LogP contribution in [0.1, 0.15) is 24.8 Å². The molecule has 1 aliphatic heterocycles. The van der Waals surface area contributed by atoms with Crippen molar-refractivity contribution >= 4 is 29.3 Å². The van der Waals surface area contributed by atoms with Crippen molar-refractivity contribution in [1.82, 2.24) is 9.80 Å². The molecule has 3 amide bonds. The molecule has 1 saturated heterocycles. The molecule has 0 unspecified atom stereocenters. The largest absolute Gasteiger partial charge is 0.341 e. The summed E-state index contributed by atoms with van der Waals surface area (Å²) in [5.41, 5.74) is 0.976. The van der Waals surface area contributed by atoms with Crippen LogP contribution in [0.5, 0.6) is 0 Å². The van der Waals surface area contributed by atoms with Crippen molar-refractivity contribution in [2.24, 2.45) is 0 Å². The molecule has 1 aromatic carbocycles. The van der Waals surface area contributed by atoms with Crippen LogP contribution < -0.4 is 0 Å². The van der Waals surface area contributed by atoms with E-state index in [0.717, 1.165) is 5.56 Å². The first-order valence-corrected chi connectivity index (χ1v) is 7.17. The Morgan fingerprint density at radius 3 is 2.33 bits per heavy atom. The van der Waals surface area contributed by atoms with E-state index in [-0.39, 0.29) is 43.5 Å². The summed E-state index contributed by atoms with van der Waals surface area (Å²) in [6.07, 6.45) is 0.669. The van der Waals surface area contributed by atoms with Gasteiger partial charge in [-0.05, 0) is 17.7 Å². The molecule has 1 aromatic rings. The number of carbonyl (C=O) groups excluding carboxylic acids is 3. The summed E-state index contributed by atoms with van der Waals surface area (Å²) in [6.45, 7) is 0.638. The summed E-state index contributed by atoms with van der Waals surface area (Å²) in [5, 5.41) is 0.652. The lowest BCUT2D eigenvalue weighted by Gasteiger charge is -2.19. The van der Waals surface area contributed by atoms with Gasteiger partial charge in [0.1, 0.15) is 0 Å². The van der Waals surface area contributed by atoms with E-state index >= 15 is 0 Å². The van der Waals surface area contributed by atoms with E-state index < -0.39 is 0 Å². The van der Waals surface area contributed by atoms with Crippen LogP contribution in [0.4, 0.5) is 0 Å². The van der Waals surface area contributed by atoms with E-state index in [4.69, 9.17) is 11.6 Å². The number of carbonyl (C=O) groups is 3. The summed E-state index contributed by atoms with van der Waals surface area (Å²) in [5.74, 6) is -0.473. The van der Waals surface area contributed by atoms with Crippen molar-refractivity contribution in [3.63, 3.8) is 0 Å². The number of hydrogen-bond acceptors (Lipinski definition) is 3. The van der Waals surface area contributed by atoms with Crippen LogP contribution in [-0.4, -0.2) is 41.1 Å². The van der Waals surface area contributed by atoms with Crippen molar-refractivity contribution < 1.29 is 14.4 Å². The smallest absolute Gasteiger partial charge is 0.229 e. The molecule has 0 N–H and O–H groups in total. The number of hydrogen-bond donors (Lipinski definition) is 0. The van der Waals surface area contributed by atoms with E-state index in [1.807, 2.05) is 12.1 Å². The molecule has 0 radical (unpaired) electrons. The molecule has 6 heteroatoms. The SMILES string of the molecule is CN(Cc1ccc(Cl)cc1)C(=O)CCN1C(=O)CCC1=O. The predicted molar refractivity (Wildman–Crippen MR) is 78.5 cm³/mol. The third-order valence-corrected chi connectivity index (χ3v) is 3.71. The van der Waals surface area contributed by atoms with Crippen LogP contribution in [0, 0.1) is 0 Å². The predicted octanol–water partition coefficient (Wildman–Crippen LogP) is 1.84. The summed E-state index contributed by atoms with van der Waals surface area (Å²) >= 11 is 5.81. The zero-order valence-corrected chi connectivity index (χ0v) is 12.6. The fraction of sp³-hybridized carbons (Fsp3) is 0.400. The second kappa shape index (κ2) is 6.72. The van der Waals surface area contributed by atoms with Gasteiger partial charge in [-0.3, -0.25) is 19.3 Å². The zero-order valence-electron chi connectivity index (χ0n) is 11.8. The standard InChI is InChI=1S/C15H17ClN2O3/c1-17(10-11-2-4-12(16)5-3-11)13(19)8-9-18-14(20)6-7-15(18)21/h2-5H,6-10H2,1H3. The Balaban J connectivity index is 1.83. The maximum Gasteiger partial charge on any atom is 0.229 e. The van der Waals surface area contributed by atoms with Crippen molar-refractivity contribution in [2.45, 2.75) is 25.8 Å². The Hall–Kier alpha value is -1.88. The lowest BCUT2D eigenvalue weighted by Crippen LogP contribution is -2.34. The average molecular weight is 309 g/mol. The number of imide groups is 1. The van der Waals surface area contributed by atoms with Crippen molar-refractivity contribution in [2.75, 3.05) is 13.6 Å². The molecule has 21 heavy (non-hydrogen) atoms. The maximum atomic E-state index is 12.0. The third kappa shape index (κ3) is 4.04. The lowest BCUT2D eigenvalue weighted by atomic mass is 10.2. The van der Waals surface area contributed by atoms with E-state index in [1.54, 1.807) is 24.1 Å². The molecule has 1 fully saturated rings. The lowest BCUT2D eigenvalue weighted by molar-refractivity contribution is -0.139. The molecular weight excluding hydrogens is 292 g/mol. The van der Waals surface area contributed by atoms with Gasteiger partial charge in [0.2, 0.25) is 17.7 Å². The fourth-order valence-corrected chi connectivity index (χ4v) is 2.35. The highest BCUT2D eigenvalue weighted by Crippen LogP contribution is 2.14. The summed E-state index contributed by atoms with van der Waals surface area (Å²) in [4.78, 5) is 37.7. The molecule has 0 saturated carbocycles. The average Bonchev–Trinajstić information content (AvgIpc) is 2.78. The van der Waals surface area contributed by atoms with Gasteiger partial charge in [-0.25, -0.2) is 0 Å². The van der Waals surface area contributed by atoms with E-state index in [0.29, 0.717) is 11.6 Å². The van der Waals surface area contributed by atoms with Crippen LogP contribution in [0.15, 0.2) is 24.3 Å². The Labute approximate surface area is 128 Å². The molecule has 0 aromatic heterocycles. The van der Waals surface area contributed by atoms with Crippen molar-refractivity contribution in [3.8, 4) is 0 Å². The van der Waals surface area contributed by atoms with Crippen LogP contribution in [-0.2, 0) is 20.9 Å². The van der Waals surface area contributed by atoms with Crippen LogP contribution in [0.2, 0.25) is 5.02 Å². The fourth-order valence-electron chi connectivity index (χ4n) is 2.22. The van der Waals surface area contributed by atoms with Crippen LogP contribution in [0.3, 0.4) is 0 Å². The van der Waals surface area contributed by atoms with Gasteiger partial charge in [0.25, 0.3) is 0 Å². The first-order chi connectivity index (χ1) is 9.97. The number of amides is 3. The Kier molecular flexibility index (Phi) is 4.96. The normalized spacial score (nSPS) is 14.7. The molecule has 0 atom stereocenters. The molecule has 112 valence electrons. The maximum absolute atomic E-state index is 12.0. The second-order valence-corrected chi connectivity index (χ2v) is 5.50. The molecule has 0 bridgehead atoms. The molecular formula is C15H17ClN2O3. The second-order valence-electron chi connectivity index (χ2n) is 5.07. The Morgan fingerprint density at radius 1 is 1.19 bits per heavy atom. The Morgan fingerprint density at radius 2 is 1.76 bits per heavy atom. The van der Waals surface area contributed by atoms with Gasteiger partial charge >= 0.3 is 0 Å². The molecule has 1 aliphatic rings. The minimum Gasteiger partial charge on any atom is -0.341 e. The van der Waals surface area contributed by atoms with Gasteiger partial charge < -0.3 is 4.90 Å². The first-order valence-electron chi connectivity index (χ1n) is 6.79. The number of rotatable bonds is 5. The highest BCUT2D eigenvalue weighted by Gasteiger charge is 2.29. The van der Waals surface area contributed by atoms with Crippen LogP contribution >= 0.6 is 11.6 Å². The van der Waals surface area contributed by atoms with E-state index in [1.165, 1.54) is 4.90 Å². The van der Waals surface area contributed by atoms with Crippen LogP contribution in [0.25, 0.3) is 0 Å². The molecule has 1 heterocycles. The van der Waals surface area contributed by atoms with Crippen molar-refractivity contribution in [3.05, 3.63) is 34.9 Å². The van der Waals surface area contributed by atoms with Gasteiger partial charge in [-0.15, -0.1) is 0 Å². The number of likely N-dealkylation sites (tertiary alicyclic amines) is 1. The van der Waals surface area contributed by atoms with Gasteiger partial charge in [0.15, 0.2) is 0 Å². The van der Waals surface area contributed by atoms with Crippen molar-refractivity contribution in [1.29, 1.82) is 0 Å². The number of nitrogens with zero attached hydrogens (tertiary/aromatic N) is 2. The monoisotopic (exact) mass is 308 g/mol. The highest BCUT2D eigenvalue weighted by molar-refractivity contribution is 6.30. The number of benzene rings is 1. The zero-order chi connectivity index (χ0) is 15.4. The van der Waals surface area contributed by atoms with Gasteiger partial charge in [-0.2, -0.15) is 0 Å². The third-order valence-electron chi connectivity index (χ3n) is 3.46. The summed E-state index contributed by atoms with van der Waals surface area (Å²) in [6, 6.07) is 7.27. The van der Waals surface area contributed by atoms with Gasteiger partial charge in [0, 0.05) is 44.4 Å². The Bertz CT molecular complexity index is 541. The first kappa shape index (κ1) is 15.5. The van der Waals surface area contributed by atoms with E-state index in [9.17, 15) is 14.4 Å². The molecule has 0 aliphatic carbocycles. The number of halogens is 1. The van der Waals surface area contributed by atoms with Gasteiger partial charge in [-0.1, -0.05) is 23.7 Å².